The van der Waals surface area contributed by atoms with E-state index >= 15 is 0 Å². The van der Waals surface area contributed by atoms with E-state index in [-0.39, 0.29) is 48.4 Å². The predicted molar refractivity (Wildman–Crippen MR) is 221 cm³/mol. The molecule has 1 saturated heterocycles. The van der Waals surface area contributed by atoms with Crippen molar-refractivity contribution in [2.75, 3.05) is 46.2 Å². The number of anilines is 1. The van der Waals surface area contributed by atoms with Gasteiger partial charge < -0.3 is 35.8 Å². The van der Waals surface area contributed by atoms with Crippen LogP contribution < -0.4 is 20.7 Å². The third kappa shape index (κ3) is 11.4. The lowest BCUT2D eigenvalue weighted by molar-refractivity contribution is -0.182. The molecule has 2 amide bonds. The number of carbonyl (C=O) groups excluding carboxylic acids is 2. The molecule has 2 aromatic carbocycles. The van der Waals surface area contributed by atoms with E-state index in [1.165, 1.54) is 0 Å². The summed E-state index contributed by atoms with van der Waals surface area (Å²) in [6.07, 6.45) is 1.06. The quantitative estimate of drug-likeness (QED) is 0.128. The Hall–Kier alpha value is -3.22. The molecule has 0 bridgehead atoms. The average Bonchev–Trinajstić information content (AvgIpc) is 3.47. The summed E-state index contributed by atoms with van der Waals surface area (Å²) in [6.45, 7) is 20.6. The Morgan fingerprint density at radius 1 is 1.07 bits per heavy atom. The van der Waals surface area contributed by atoms with Crippen molar-refractivity contribution in [2.45, 2.75) is 118 Å². The third-order valence-electron chi connectivity index (χ3n) is 11.7. The molecule has 1 unspecified atom stereocenters. The molecule has 11 nitrogen and oxygen atoms in total. The van der Waals surface area contributed by atoms with Gasteiger partial charge in [-0.15, -0.1) is 0 Å². The van der Waals surface area contributed by atoms with Crippen molar-refractivity contribution in [3.63, 3.8) is 0 Å². The molecule has 1 saturated carbocycles. The highest BCUT2D eigenvalue weighted by atomic mass is 16.7. The van der Waals surface area contributed by atoms with Crippen LogP contribution in [-0.4, -0.2) is 103 Å². The van der Waals surface area contributed by atoms with E-state index in [9.17, 15) is 19.8 Å². The standard InChI is InChI=1S/C44H71N5O6/c1-26(2)16-35(24-48(10)11)46-42(52)33-18-32(19-34(20-33)45-22-27(3)4)36-15-13-14-31(41(36)54-12)23-49-40(39(30(7)51)38(25-50)55-49)43(53)47-37-17-29(6)44(8,9)21-28(37)5/h13-15,18-20,26-30,35,37-40,45,50-51H,16-17,21-25H2,1-12H3,(H,46,52)(H,47,53)/t28-,29+,30-,35-,37?,38-,39+,40-/m0/s1. The van der Waals surface area contributed by atoms with Crippen LogP contribution >= 0.6 is 0 Å². The topological polar surface area (TPSA) is 136 Å². The minimum absolute atomic E-state index is 0.00789. The monoisotopic (exact) mass is 766 g/mol. The molecule has 0 aromatic heterocycles. The number of aliphatic hydroxyl groups excluding tert-OH is 2. The number of nitrogens with zero attached hydrogens (tertiary/aromatic N) is 2. The predicted octanol–water partition coefficient (Wildman–Crippen LogP) is 6.19. The zero-order valence-corrected chi connectivity index (χ0v) is 35.6. The van der Waals surface area contributed by atoms with E-state index in [2.05, 4.69) is 76.2 Å². The zero-order valence-electron chi connectivity index (χ0n) is 35.6. The normalized spacial score (nSPS) is 25.3. The lowest BCUT2D eigenvalue weighted by Gasteiger charge is -2.45. The van der Waals surface area contributed by atoms with Gasteiger partial charge in [-0.05, 0) is 93.1 Å². The van der Waals surface area contributed by atoms with Crippen LogP contribution in [-0.2, 0) is 16.2 Å². The summed E-state index contributed by atoms with van der Waals surface area (Å²) in [5.41, 5.74) is 3.91. The maximum atomic E-state index is 14.3. The highest BCUT2D eigenvalue weighted by molar-refractivity contribution is 5.97. The van der Waals surface area contributed by atoms with Crippen LogP contribution in [0.4, 0.5) is 5.69 Å². The molecule has 8 atom stereocenters. The maximum absolute atomic E-state index is 14.3. The molecule has 2 aliphatic rings. The second-order valence-electron chi connectivity index (χ2n) is 18.2. The molecule has 55 heavy (non-hydrogen) atoms. The molecular formula is C44H71N5O6. The first-order chi connectivity index (χ1) is 25.8. The highest BCUT2D eigenvalue weighted by Gasteiger charge is 2.50. The van der Waals surface area contributed by atoms with Crippen molar-refractivity contribution in [2.24, 2.45) is 35.0 Å². The lowest BCUT2D eigenvalue weighted by atomic mass is 9.64. The SMILES string of the molecule is COc1c(CN2O[C@@H](CO)[C@@H]([C@H](C)O)[C@H]2C(=O)NC2C[C@@H](C)C(C)(C)C[C@@H]2C)cccc1-c1cc(NCC(C)C)cc(C(=O)N[C@@H](CC(C)C)CN(C)C)c1. The first-order valence-electron chi connectivity index (χ1n) is 20.4. The number of hydroxylamine groups is 2. The maximum Gasteiger partial charge on any atom is 0.251 e. The number of para-hydroxylation sites is 1. The van der Waals surface area contributed by atoms with E-state index < -0.39 is 24.2 Å². The Bertz CT molecular complexity index is 1570. The van der Waals surface area contributed by atoms with E-state index in [1.54, 1.807) is 19.1 Å². The van der Waals surface area contributed by atoms with E-state index in [4.69, 9.17) is 9.57 Å². The van der Waals surface area contributed by atoms with Crippen LogP contribution in [0.1, 0.15) is 97.5 Å². The minimum atomic E-state index is -0.906. The average molecular weight is 766 g/mol. The Balaban J connectivity index is 1.70. The molecule has 0 radical (unpaired) electrons. The lowest BCUT2D eigenvalue weighted by Crippen LogP contribution is -2.55. The number of hydrogen-bond acceptors (Lipinski definition) is 9. The Morgan fingerprint density at radius 3 is 2.38 bits per heavy atom. The smallest absolute Gasteiger partial charge is 0.251 e. The van der Waals surface area contributed by atoms with Gasteiger partial charge in [-0.3, -0.25) is 14.4 Å². The number of methoxy groups -OCH3 is 1. The number of aliphatic hydroxyl groups is 2. The molecule has 5 N–H and O–H groups in total. The summed E-state index contributed by atoms with van der Waals surface area (Å²) >= 11 is 0. The second kappa shape index (κ2) is 19.3. The molecular weight excluding hydrogens is 695 g/mol. The summed E-state index contributed by atoms with van der Waals surface area (Å²) in [7, 11) is 5.65. The van der Waals surface area contributed by atoms with Crippen LogP contribution in [0.2, 0.25) is 0 Å². The molecule has 0 spiro atoms. The fourth-order valence-corrected chi connectivity index (χ4v) is 8.59. The molecule has 11 heteroatoms. The van der Waals surface area contributed by atoms with Gasteiger partial charge in [0.2, 0.25) is 5.91 Å². The van der Waals surface area contributed by atoms with Gasteiger partial charge in [-0.25, -0.2) is 0 Å². The summed E-state index contributed by atoms with van der Waals surface area (Å²) in [5, 5.41) is 33.1. The fraction of sp³-hybridized carbons (Fsp3) is 0.682. The molecule has 2 aromatic rings. The molecule has 1 heterocycles. The van der Waals surface area contributed by atoms with Gasteiger partial charge in [-0.2, -0.15) is 5.06 Å². The molecule has 1 aliphatic heterocycles. The van der Waals surface area contributed by atoms with Gasteiger partial charge in [0.1, 0.15) is 17.9 Å². The van der Waals surface area contributed by atoms with Crippen LogP contribution in [0.15, 0.2) is 36.4 Å². The van der Waals surface area contributed by atoms with Crippen LogP contribution in [0, 0.1) is 35.0 Å². The van der Waals surface area contributed by atoms with Crippen molar-refractivity contribution in [3.8, 4) is 16.9 Å². The highest BCUT2D eigenvalue weighted by Crippen LogP contribution is 2.44. The second-order valence-corrected chi connectivity index (χ2v) is 18.2. The van der Waals surface area contributed by atoms with Gasteiger partial charge in [-0.1, -0.05) is 73.6 Å². The molecule has 2 fully saturated rings. The Kier molecular flexibility index (Phi) is 15.6. The summed E-state index contributed by atoms with van der Waals surface area (Å²) in [4.78, 5) is 36.6. The molecule has 4 rings (SSSR count). The van der Waals surface area contributed by atoms with Gasteiger partial charge >= 0.3 is 0 Å². The number of carbonyl (C=O) groups is 2. The van der Waals surface area contributed by atoms with Gasteiger partial charge in [0.05, 0.1) is 26.4 Å². The fourth-order valence-electron chi connectivity index (χ4n) is 8.59. The van der Waals surface area contributed by atoms with Gasteiger partial charge in [0, 0.05) is 53.5 Å². The number of benzene rings is 2. The first-order valence-corrected chi connectivity index (χ1v) is 20.4. The van der Waals surface area contributed by atoms with Gasteiger partial charge in [0.15, 0.2) is 0 Å². The van der Waals surface area contributed by atoms with Crippen molar-refractivity contribution in [1.82, 2.24) is 20.6 Å². The third-order valence-corrected chi connectivity index (χ3v) is 11.7. The minimum Gasteiger partial charge on any atom is -0.496 e. The Labute approximate surface area is 330 Å². The number of hydrogen-bond donors (Lipinski definition) is 5. The zero-order chi connectivity index (χ0) is 40.8. The Morgan fingerprint density at radius 2 is 1.78 bits per heavy atom. The van der Waals surface area contributed by atoms with Crippen molar-refractivity contribution in [3.05, 3.63) is 47.5 Å². The van der Waals surface area contributed by atoms with E-state index in [1.807, 2.05) is 50.5 Å². The summed E-state index contributed by atoms with van der Waals surface area (Å²) < 4.78 is 6.11. The van der Waals surface area contributed by atoms with E-state index in [0.29, 0.717) is 29.1 Å². The van der Waals surface area contributed by atoms with E-state index in [0.717, 1.165) is 54.7 Å². The summed E-state index contributed by atoms with van der Waals surface area (Å²) in [6, 6.07) is 10.8. The first kappa shape index (κ1) is 44.5. The number of amides is 2. The van der Waals surface area contributed by atoms with Crippen LogP contribution in [0.3, 0.4) is 0 Å². The van der Waals surface area contributed by atoms with Crippen LogP contribution in [0.25, 0.3) is 11.1 Å². The van der Waals surface area contributed by atoms with Gasteiger partial charge in [0.25, 0.3) is 5.91 Å². The molecule has 1 aliphatic carbocycles. The molecule has 308 valence electrons. The van der Waals surface area contributed by atoms with Crippen molar-refractivity contribution in [1.29, 1.82) is 0 Å². The largest absolute Gasteiger partial charge is 0.496 e. The number of nitrogens with one attached hydrogen (secondary N) is 3. The number of likely N-dealkylation sites (N-methyl/N-ethyl adjacent to an activating group) is 1. The van der Waals surface area contributed by atoms with Crippen molar-refractivity contribution >= 4 is 17.5 Å². The summed E-state index contributed by atoms with van der Waals surface area (Å²) in [5.74, 6) is 1.11. The van der Waals surface area contributed by atoms with Crippen molar-refractivity contribution < 1.29 is 29.4 Å². The number of ether oxygens (including phenoxy) is 1. The number of rotatable bonds is 17. The van der Waals surface area contributed by atoms with Crippen LogP contribution in [0.5, 0.6) is 5.75 Å².